The standard InChI is InChI=1S/C13H13BrClFOS2/c1-6-7(2)19-10(5-18-6)13(17)8-3-4-9(14)11(15)12(8)16/h3-4,6-7,10H,5H2,1-2H3. The number of hydrogen-bond acceptors (Lipinski definition) is 3. The summed E-state index contributed by atoms with van der Waals surface area (Å²) >= 11 is 12.4. The molecule has 1 aliphatic heterocycles. The largest absolute Gasteiger partial charge is 0.293 e. The highest BCUT2D eigenvalue weighted by Crippen LogP contribution is 2.38. The van der Waals surface area contributed by atoms with Gasteiger partial charge in [-0.25, -0.2) is 4.39 Å². The van der Waals surface area contributed by atoms with Crippen LogP contribution in [0.5, 0.6) is 0 Å². The third kappa shape index (κ3) is 3.31. The predicted molar refractivity (Wildman–Crippen MR) is 86.2 cm³/mol. The number of rotatable bonds is 2. The van der Waals surface area contributed by atoms with E-state index in [0.29, 0.717) is 15.0 Å². The van der Waals surface area contributed by atoms with Crippen molar-refractivity contribution < 1.29 is 9.18 Å². The zero-order valence-corrected chi connectivity index (χ0v) is 14.4. The van der Waals surface area contributed by atoms with Gasteiger partial charge in [-0.15, -0.1) is 11.8 Å². The minimum atomic E-state index is -0.627. The SMILES string of the molecule is CC1SCC(C(=O)c2ccc(Br)c(Cl)c2F)SC1C. The van der Waals surface area contributed by atoms with Crippen molar-refractivity contribution >= 4 is 56.8 Å². The molecule has 0 amide bonds. The van der Waals surface area contributed by atoms with Crippen molar-refractivity contribution in [3.05, 3.63) is 33.0 Å². The van der Waals surface area contributed by atoms with Crippen LogP contribution in [0.15, 0.2) is 16.6 Å². The Kier molecular flexibility index (Phi) is 5.26. The molecule has 104 valence electrons. The molecular weight excluding hydrogens is 371 g/mol. The summed E-state index contributed by atoms with van der Waals surface area (Å²) in [6.07, 6.45) is 0. The van der Waals surface area contributed by atoms with Crippen LogP contribution in [0.2, 0.25) is 5.02 Å². The Morgan fingerprint density at radius 3 is 2.74 bits per heavy atom. The van der Waals surface area contributed by atoms with Gasteiger partial charge in [0.05, 0.1) is 15.8 Å². The maximum Gasteiger partial charge on any atom is 0.179 e. The predicted octanol–water partition coefficient (Wildman–Crippen LogP) is 5.05. The van der Waals surface area contributed by atoms with Crippen LogP contribution >= 0.6 is 51.1 Å². The van der Waals surface area contributed by atoms with E-state index in [9.17, 15) is 9.18 Å². The molecule has 0 aliphatic carbocycles. The molecule has 0 aromatic heterocycles. The van der Waals surface area contributed by atoms with Crippen LogP contribution in [0.1, 0.15) is 24.2 Å². The van der Waals surface area contributed by atoms with Gasteiger partial charge in [-0.3, -0.25) is 4.79 Å². The molecule has 0 radical (unpaired) electrons. The molecule has 1 saturated heterocycles. The van der Waals surface area contributed by atoms with E-state index in [4.69, 9.17) is 11.6 Å². The van der Waals surface area contributed by atoms with Gasteiger partial charge in [0, 0.05) is 20.7 Å². The Hall–Kier alpha value is 0.290. The topological polar surface area (TPSA) is 17.1 Å². The van der Waals surface area contributed by atoms with Crippen molar-refractivity contribution in [2.45, 2.75) is 29.6 Å². The highest BCUT2D eigenvalue weighted by molar-refractivity contribution is 9.10. The molecule has 1 heterocycles. The van der Waals surface area contributed by atoms with Crippen LogP contribution < -0.4 is 0 Å². The zero-order chi connectivity index (χ0) is 14.2. The second-order valence-electron chi connectivity index (χ2n) is 4.46. The molecule has 3 atom stereocenters. The average Bonchev–Trinajstić information content (AvgIpc) is 2.39. The highest BCUT2D eigenvalue weighted by atomic mass is 79.9. The third-order valence-electron chi connectivity index (χ3n) is 3.14. The van der Waals surface area contributed by atoms with Gasteiger partial charge >= 0.3 is 0 Å². The van der Waals surface area contributed by atoms with E-state index in [-0.39, 0.29) is 21.6 Å². The van der Waals surface area contributed by atoms with Crippen molar-refractivity contribution in [2.24, 2.45) is 0 Å². The van der Waals surface area contributed by atoms with Crippen LogP contribution in [0.4, 0.5) is 4.39 Å². The van der Waals surface area contributed by atoms with Gasteiger partial charge in [-0.05, 0) is 28.1 Å². The van der Waals surface area contributed by atoms with Gasteiger partial charge in [0.15, 0.2) is 11.6 Å². The van der Waals surface area contributed by atoms with E-state index in [1.54, 1.807) is 29.6 Å². The third-order valence-corrected chi connectivity index (χ3v) is 7.79. The molecule has 0 saturated carbocycles. The van der Waals surface area contributed by atoms with Crippen molar-refractivity contribution in [3.8, 4) is 0 Å². The fraction of sp³-hybridized carbons (Fsp3) is 0.462. The first-order valence-electron chi connectivity index (χ1n) is 5.86. The van der Waals surface area contributed by atoms with Crippen LogP contribution in [0.25, 0.3) is 0 Å². The number of thioether (sulfide) groups is 2. The molecule has 0 spiro atoms. The van der Waals surface area contributed by atoms with E-state index in [0.717, 1.165) is 5.75 Å². The van der Waals surface area contributed by atoms with E-state index in [1.165, 1.54) is 6.07 Å². The fourth-order valence-corrected chi connectivity index (χ4v) is 5.15. The highest BCUT2D eigenvalue weighted by Gasteiger charge is 2.32. The quantitative estimate of drug-likeness (QED) is 0.525. The van der Waals surface area contributed by atoms with E-state index >= 15 is 0 Å². The lowest BCUT2D eigenvalue weighted by Gasteiger charge is -2.30. The van der Waals surface area contributed by atoms with Crippen LogP contribution in [-0.4, -0.2) is 27.3 Å². The summed E-state index contributed by atoms with van der Waals surface area (Å²) in [6, 6.07) is 3.12. The number of Topliss-reactive ketones (excluding diaryl/α,β-unsaturated/α-hetero) is 1. The Morgan fingerprint density at radius 1 is 1.42 bits per heavy atom. The summed E-state index contributed by atoms with van der Waals surface area (Å²) in [5, 5.41) is 0.692. The monoisotopic (exact) mass is 382 g/mol. The molecule has 0 N–H and O–H groups in total. The number of ketones is 1. The summed E-state index contributed by atoms with van der Waals surface area (Å²) in [6.45, 7) is 4.26. The molecular formula is C13H13BrClFOS2. The molecule has 2 rings (SSSR count). The van der Waals surface area contributed by atoms with Gasteiger partial charge in [-0.1, -0.05) is 25.4 Å². The summed E-state index contributed by atoms with van der Waals surface area (Å²) in [4.78, 5) is 12.4. The first-order valence-corrected chi connectivity index (χ1v) is 9.03. The second kappa shape index (κ2) is 6.37. The maximum absolute atomic E-state index is 14.0. The normalized spacial score (nSPS) is 27.3. The smallest absolute Gasteiger partial charge is 0.179 e. The Bertz CT molecular complexity index is 512. The van der Waals surface area contributed by atoms with Gasteiger partial charge in [0.25, 0.3) is 0 Å². The molecule has 1 aromatic rings. The minimum Gasteiger partial charge on any atom is -0.293 e. The van der Waals surface area contributed by atoms with Gasteiger partial charge < -0.3 is 0 Å². The lowest BCUT2D eigenvalue weighted by atomic mass is 10.1. The van der Waals surface area contributed by atoms with Crippen molar-refractivity contribution in [2.75, 3.05) is 5.75 Å². The molecule has 3 unspecified atom stereocenters. The molecule has 1 fully saturated rings. The first kappa shape index (κ1) is 15.7. The summed E-state index contributed by atoms with van der Waals surface area (Å²) in [5.41, 5.74) is 0.0908. The van der Waals surface area contributed by atoms with Crippen LogP contribution in [0, 0.1) is 5.82 Å². The van der Waals surface area contributed by atoms with Crippen molar-refractivity contribution in [1.29, 1.82) is 0 Å². The average molecular weight is 384 g/mol. The van der Waals surface area contributed by atoms with Crippen molar-refractivity contribution in [1.82, 2.24) is 0 Å². The number of carbonyl (C=O) groups excluding carboxylic acids is 1. The number of carbonyl (C=O) groups is 1. The minimum absolute atomic E-state index is 0.0271. The zero-order valence-electron chi connectivity index (χ0n) is 10.5. The Morgan fingerprint density at radius 2 is 2.11 bits per heavy atom. The van der Waals surface area contributed by atoms with E-state index in [2.05, 4.69) is 29.8 Å². The first-order chi connectivity index (χ1) is 8.91. The van der Waals surface area contributed by atoms with Crippen LogP contribution in [0.3, 0.4) is 0 Å². The lowest BCUT2D eigenvalue weighted by molar-refractivity contribution is 0.0991. The van der Waals surface area contributed by atoms with Gasteiger partial charge in [-0.2, -0.15) is 11.8 Å². The molecule has 0 bridgehead atoms. The number of halogens is 3. The summed E-state index contributed by atoms with van der Waals surface area (Å²) in [7, 11) is 0. The number of hydrogen-bond donors (Lipinski definition) is 0. The second-order valence-corrected chi connectivity index (χ2v) is 8.68. The summed E-state index contributed by atoms with van der Waals surface area (Å²) < 4.78 is 14.5. The van der Waals surface area contributed by atoms with E-state index in [1.807, 2.05) is 0 Å². The molecule has 1 nitrogen and oxygen atoms in total. The summed E-state index contributed by atoms with van der Waals surface area (Å²) in [5.74, 6) is -0.0663. The van der Waals surface area contributed by atoms with Crippen molar-refractivity contribution in [3.63, 3.8) is 0 Å². The number of benzene rings is 1. The molecule has 1 aliphatic rings. The van der Waals surface area contributed by atoms with Crippen LogP contribution in [-0.2, 0) is 0 Å². The lowest BCUT2D eigenvalue weighted by Crippen LogP contribution is -2.32. The fourth-order valence-electron chi connectivity index (χ4n) is 1.81. The van der Waals surface area contributed by atoms with Gasteiger partial charge in [0.2, 0.25) is 0 Å². The Balaban J connectivity index is 2.23. The molecule has 6 heteroatoms. The Labute approximate surface area is 134 Å². The molecule has 19 heavy (non-hydrogen) atoms. The van der Waals surface area contributed by atoms with E-state index < -0.39 is 5.82 Å². The molecule has 1 aromatic carbocycles. The van der Waals surface area contributed by atoms with Gasteiger partial charge in [0.1, 0.15) is 0 Å². The maximum atomic E-state index is 14.0.